The molecule has 2 rings (SSSR count). The van der Waals surface area contributed by atoms with Crippen molar-refractivity contribution in [1.82, 2.24) is 10.6 Å². The molecule has 0 atom stereocenters. The van der Waals surface area contributed by atoms with Crippen molar-refractivity contribution >= 4 is 6.03 Å². The molecular formula is C15H22N2O3. The van der Waals surface area contributed by atoms with Crippen molar-refractivity contribution in [2.45, 2.75) is 38.0 Å². The highest BCUT2D eigenvalue weighted by molar-refractivity contribution is 5.73. The zero-order chi connectivity index (χ0) is 14.4. The first-order chi connectivity index (χ1) is 9.63. The summed E-state index contributed by atoms with van der Waals surface area (Å²) in [4.78, 5) is 11.7. The molecule has 0 radical (unpaired) electrons. The average Bonchev–Trinajstić information content (AvgIpc) is 2.42. The number of carbonyl (C=O) groups is 1. The summed E-state index contributed by atoms with van der Waals surface area (Å²) >= 11 is 0. The number of aliphatic hydroxyl groups is 1. The van der Waals surface area contributed by atoms with Gasteiger partial charge in [0.15, 0.2) is 0 Å². The van der Waals surface area contributed by atoms with Crippen molar-refractivity contribution in [3.63, 3.8) is 0 Å². The number of urea groups is 1. The van der Waals surface area contributed by atoms with Gasteiger partial charge in [0.1, 0.15) is 0 Å². The Morgan fingerprint density at radius 1 is 1.30 bits per heavy atom. The highest BCUT2D eigenvalue weighted by atomic mass is 16.5. The number of methoxy groups -OCH3 is 1. The summed E-state index contributed by atoms with van der Waals surface area (Å²) in [7, 11) is 1.65. The van der Waals surface area contributed by atoms with Crippen LogP contribution in [0.15, 0.2) is 24.3 Å². The Balaban J connectivity index is 1.78. The lowest BCUT2D eigenvalue weighted by Gasteiger charge is -2.36. The summed E-state index contributed by atoms with van der Waals surface area (Å²) in [5.41, 5.74) is 1.41. The third-order valence-corrected chi connectivity index (χ3v) is 3.72. The molecule has 0 bridgehead atoms. The van der Waals surface area contributed by atoms with E-state index in [4.69, 9.17) is 4.74 Å². The number of rotatable bonds is 6. The van der Waals surface area contributed by atoms with Gasteiger partial charge in [-0.05, 0) is 30.4 Å². The van der Waals surface area contributed by atoms with Crippen LogP contribution in [0.3, 0.4) is 0 Å². The molecule has 5 nitrogen and oxygen atoms in total. The van der Waals surface area contributed by atoms with Gasteiger partial charge in [-0.15, -0.1) is 0 Å². The van der Waals surface area contributed by atoms with E-state index in [-0.39, 0.29) is 6.03 Å². The molecule has 0 heterocycles. The van der Waals surface area contributed by atoms with Crippen LogP contribution in [0.2, 0.25) is 0 Å². The average molecular weight is 278 g/mol. The Morgan fingerprint density at radius 3 is 2.60 bits per heavy atom. The van der Waals surface area contributed by atoms with Gasteiger partial charge in [0.25, 0.3) is 0 Å². The van der Waals surface area contributed by atoms with Crippen LogP contribution in [0.25, 0.3) is 0 Å². The van der Waals surface area contributed by atoms with Crippen LogP contribution in [-0.4, -0.2) is 30.4 Å². The summed E-state index contributed by atoms with van der Waals surface area (Å²) in [6, 6.07) is 7.58. The van der Waals surface area contributed by atoms with Crippen molar-refractivity contribution in [2.75, 3.05) is 13.7 Å². The van der Waals surface area contributed by atoms with Crippen molar-refractivity contribution in [3.8, 4) is 0 Å². The second-order valence-corrected chi connectivity index (χ2v) is 5.32. The normalized spacial score (nSPS) is 16.3. The van der Waals surface area contributed by atoms with Gasteiger partial charge in [-0.1, -0.05) is 24.3 Å². The Labute approximate surface area is 119 Å². The van der Waals surface area contributed by atoms with E-state index in [0.29, 0.717) is 19.7 Å². The van der Waals surface area contributed by atoms with Gasteiger partial charge in [-0.25, -0.2) is 4.79 Å². The Morgan fingerprint density at radius 2 is 2.00 bits per heavy atom. The zero-order valence-corrected chi connectivity index (χ0v) is 11.8. The molecule has 20 heavy (non-hydrogen) atoms. The molecule has 2 amide bonds. The number of nitrogens with one attached hydrogen (secondary N) is 2. The van der Waals surface area contributed by atoms with Gasteiger partial charge in [-0.2, -0.15) is 0 Å². The fourth-order valence-corrected chi connectivity index (χ4v) is 2.27. The van der Waals surface area contributed by atoms with Gasteiger partial charge in [0.2, 0.25) is 0 Å². The number of hydrogen-bond donors (Lipinski definition) is 3. The standard InChI is InChI=1S/C15H22N2O3/c1-20-10-13-6-3-2-5-12(13)9-16-14(18)17-11-15(19)7-4-8-15/h2-3,5-6,19H,4,7-11H2,1H3,(H2,16,17,18). The van der Waals surface area contributed by atoms with E-state index in [1.807, 2.05) is 24.3 Å². The molecule has 1 aliphatic carbocycles. The number of ether oxygens (including phenoxy) is 1. The zero-order valence-electron chi connectivity index (χ0n) is 11.8. The van der Waals surface area contributed by atoms with E-state index in [9.17, 15) is 9.90 Å². The summed E-state index contributed by atoms with van der Waals surface area (Å²) in [6.45, 7) is 1.29. The smallest absolute Gasteiger partial charge is 0.315 e. The summed E-state index contributed by atoms with van der Waals surface area (Å²) in [5, 5.41) is 15.4. The van der Waals surface area contributed by atoms with Crippen molar-refractivity contribution in [3.05, 3.63) is 35.4 Å². The molecule has 5 heteroatoms. The third-order valence-electron chi connectivity index (χ3n) is 3.72. The molecule has 0 unspecified atom stereocenters. The maximum Gasteiger partial charge on any atom is 0.315 e. The Hall–Kier alpha value is -1.59. The quantitative estimate of drug-likeness (QED) is 0.739. The number of carbonyl (C=O) groups excluding carboxylic acids is 1. The van der Waals surface area contributed by atoms with Gasteiger partial charge in [-0.3, -0.25) is 0 Å². The molecular weight excluding hydrogens is 256 g/mol. The molecule has 1 fully saturated rings. The second kappa shape index (κ2) is 6.72. The molecule has 1 saturated carbocycles. The van der Waals surface area contributed by atoms with Crippen LogP contribution >= 0.6 is 0 Å². The van der Waals surface area contributed by atoms with Crippen molar-refractivity contribution in [2.24, 2.45) is 0 Å². The molecule has 1 aromatic carbocycles. The first kappa shape index (κ1) is 14.8. The van der Waals surface area contributed by atoms with E-state index < -0.39 is 5.60 Å². The maximum absolute atomic E-state index is 11.7. The molecule has 0 spiro atoms. The lowest BCUT2D eigenvalue weighted by atomic mass is 9.80. The fraction of sp³-hybridized carbons (Fsp3) is 0.533. The van der Waals surface area contributed by atoms with Gasteiger partial charge in [0, 0.05) is 20.2 Å². The minimum atomic E-state index is -0.689. The molecule has 1 aromatic rings. The molecule has 0 aliphatic heterocycles. The Bertz CT molecular complexity index is 458. The highest BCUT2D eigenvalue weighted by Crippen LogP contribution is 2.30. The highest BCUT2D eigenvalue weighted by Gasteiger charge is 2.34. The second-order valence-electron chi connectivity index (χ2n) is 5.32. The van der Waals surface area contributed by atoms with E-state index >= 15 is 0 Å². The minimum absolute atomic E-state index is 0.252. The molecule has 1 aliphatic rings. The monoisotopic (exact) mass is 278 g/mol. The largest absolute Gasteiger partial charge is 0.388 e. The van der Waals surface area contributed by atoms with Gasteiger partial charge < -0.3 is 20.5 Å². The molecule has 110 valence electrons. The summed E-state index contributed by atoms with van der Waals surface area (Å²) < 4.78 is 5.13. The van der Waals surface area contributed by atoms with Gasteiger partial charge >= 0.3 is 6.03 Å². The lowest BCUT2D eigenvalue weighted by molar-refractivity contribution is -0.0290. The SMILES string of the molecule is COCc1ccccc1CNC(=O)NCC1(O)CCC1. The Kier molecular flexibility index (Phi) is 4.98. The first-order valence-corrected chi connectivity index (χ1v) is 6.93. The van der Waals surface area contributed by atoms with Crippen molar-refractivity contribution < 1.29 is 14.6 Å². The lowest BCUT2D eigenvalue weighted by Crippen LogP contribution is -2.50. The number of amides is 2. The topological polar surface area (TPSA) is 70.6 Å². The molecule has 3 N–H and O–H groups in total. The molecule has 0 aromatic heterocycles. The predicted molar refractivity (Wildman–Crippen MR) is 76.2 cm³/mol. The van der Waals surface area contributed by atoms with E-state index in [0.717, 1.165) is 30.4 Å². The maximum atomic E-state index is 11.7. The number of hydrogen-bond acceptors (Lipinski definition) is 3. The van der Waals surface area contributed by atoms with Crippen LogP contribution in [-0.2, 0) is 17.9 Å². The van der Waals surface area contributed by atoms with Crippen LogP contribution in [0.4, 0.5) is 4.79 Å². The molecule has 0 saturated heterocycles. The predicted octanol–water partition coefficient (Wildman–Crippen LogP) is 1.55. The fourth-order valence-electron chi connectivity index (χ4n) is 2.27. The van der Waals surface area contributed by atoms with E-state index in [1.54, 1.807) is 7.11 Å². The third kappa shape index (κ3) is 3.95. The van der Waals surface area contributed by atoms with Crippen molar-refractivity contribution in [1.29, 1.82) is 0 Å². The number of benzene rings is 1. The summed E-state index contributed by atoms with van der Waals surface area (Å²) in [6.07, 6.45) is 2.57. The van der Waals surface area contributed by atoms with Crippen LogP contribution in [0, 0.1) is 0 Å². The minimum Gasteiger partial charge on any atom is -0.388 e. The van der Waals surface area contributed by atoms with E-state index in [2.05, 4.69) is 10.6 Å². The van der Waals surface area contributed by atoms with Crippen LogP contribution < -0.4 is 10.6 Å². The van der Waals surface area contributed by atoms with Crippen LogP contribution in [0.1, 0.15) is 30.4 Å². The summed E-state index contributed by atoms with van der Waals surface area (Å²) in [5.74, 6) is 0. The van der Waals surface area contributed by atoms with E-state index in [1.165, 1.54) is 0 Å². The van der Waals surface area contributed by atoms with Crippen LogP contribution in [0.5, 0.6) is 0 Å². The first-order valence-electron chi connectivity index (χ1n) is 6.93. The van der Waals surface area contributed by atoms with Gasteiger partial charge in [0.05, 0.1) is 12.2 Å².